The van der Waals surface area contributed by atoms with Crippen molar-refractivity contribution < 1.29 is 0 Å². The Morgan fingerprint density at radius 1 is 1.43 bits per heavy atom. The molecule has 1 aromatic heterocycles. The third-order valence-electron chi connectivity index (χ3n) is 2.49. The van der Waals surface area contributed by atoms with Crippen LogP contribution in [0.3, 0.4) is 0 Å². The van der Waals surface area contributed by atoms with Gasteiger partial charge in [0.15, 0.2) is 0 Å². The second-order valence-electron chi connectivity index (χ2n) is 3.58. The molecule has 0 fully saturated rings. The highest BCUT2D eigenvalue weighted by Gasteiger charge is 2.04. The molecule has 1 rings (SSSR count). The number of rotatable bonds is 4. The minimum absolute atomic E-state index is 0.505. The molecule has 3 heteroatoms. The average Bonchev–Trinajstić information content (AvgIpc) is 2.19. The number of nitrogens with zero attached hydrogens (tertiary/aromatic N) is 1. The van der Waals surface area contributed by atoms with Gasteiger partial charge in [-0.2, -0.15) is 0 Å². The highest BCUT2D eigenvalue weighted by Crippen LogP contribution is 2.15. The van der Waals surface area contributed by atoms with Crippen LogP contribution in [0.1, 0.15) is 32.3 Å². The van der Waals surface area contributed by atoms with Gasteiger partial charge in [0.2, 0.25) is 0 Å². The molecule has 0 aromatic carbocycles. The molecule has 0 spiro atoms. The van der Waals surface area contributed by atoms with E-state index in [0.717, 1.165) is 29.9 Å². The highest BCUT2D eigenvalue weighted by atomic mass is 15.0. The van der Waals surface area contributed by atoms with Crippen LogP contribution >= 0.6 is 0 Å². The smallest absolute Gasteiger partial charge is 0.126 e. The van der Waals surface area contributed by atoms with Crippen LogP contribution in [0.5, 0.6) is 0 Å². The summed E-state index contributed by atoms with van der Waals surface area (Å²) >= 11 is 0. The van der Waals surface area contributed by atoms with Crippen molar-refractivity contribution in [2.45, 2.75) is 39.7 Å². The van der Waals surface area contributed by atoms with Gasteiger partial charge in [-0.3, -0.25) is 0 Å². The van der Waals surface area contributed by atoms with E-state index >= 15 is 0 Å². The van der Waals surface area contributed by atoms with Crippen molar-refractivity contribution in [3.05, 3.63) is 17.8 Å². The lowest BCUT2D eigenvalue weighted by molar-refractivity contribution is 0.668. The van der Waals surface area contributed by atoms with Gasteiger partial charge in [0.25, 0.3) is 0 Å². The molecule has 1 heterocycles. The van der Waals surface area contributed by atoms with Crippen molar-refractivity contribution in [2.24, 2.45) is 0 Å². The minimum Gasteiger partial charge on any atom is -0.397 e. The molecule has 1 aromatic rings. The molecular formula is C11H19N3. The molecule has 14 heavy (non-hydrogen) atoms. The fraction of sp³-hybridized carbons (Fsp3) is 0.545. The van der Waals surface area contributed by atoms with Gasteiger partial charge >= 0.3 is 0 Å². The molecule has 3 N–H and O–H groups in total. The predicted octanol–water partition coefficient (Wildman–Crippen LogP) is 2.57. The van der Waals surface area contributed by atoms with E-state index in [-0.39, 0.29) is 0 Å². The van der Waals surface area contributed by atoms with Crippen LogP contribution in [0, 0.1) is 6.92 Å². The van der Waals surface area contributed by atoms with Crippen molar-refractivity contribution in [1.82, 2.24) is 4.98 Å². The molecule has 0 amide bonds. The van der Waals surface area contributed by atoms with Crippen LogP contribution in [-0.4, -0.2) is 11.0 Å². The molecule has 0 atom stereocenters. The quantitative estimate of drug-likeness (QED) is 0.772. The Balaban J connectivity index is 2.72. The third kappa shape index (κ3) is 2.62. The fourth-order valence-electron chi connectivity index (χ4n) is 1.35. The van der Waals surface area contributed by atoms with Gasteiger partial charge in [0, 0.05) is 6.04 Å². The topological polar surface area (TPSA) is 50.9 Å². The first kappa shape index (κ1) is 10.8. The molecule has 0 aliphatic rings. The Morgan fingerprint density at radius 3 is 2.57 bits per heavy atom. The molecule has 0 unspecified atom stereocenters. The first-order valence-electron chi connectivity index (χ1n) is 5.16. The van der Waals surface area contributed by atoms with Crippen LogP contribution in [0.2, 0.25) is 0 Å². The maximum atomic E-state index is 5.69. The normalized spacial score (nSPS) is 10.6. The molecule has 0 saturated heterocycles. The number of nitrogens with two attached hydrogens (primary N) is 1. The van der Waals surface area contributed by atoms with Crippen molar-refractivity contribution in [3.8, 4) is 0 Å². The molecule has 0 aliphatic carbocycles. The third-order valence-corrected chi connectivity index (χ3v) is 2.49. The summed E-state index contributed by atoms with van der Waals surface area (Å²) in [5, 5.41) is 3.38. The molecule has 0 aliphatic heterocycles. The van der Waals surface area contributed by atoms with Crippen LogP contribution in [0.15, 0.2) is 12.3 Å². The summed E-state index contributed by atoms with van der Waals surface area (Å²) in [6.45, 7) is 6.34. The van der Waals surface area contributed by atoms with Crippen molar-refractivity contribution in [2.75, 3.05) is 11.1 Å². The molecule has 0 bridgehead atoms. The summed E-state index contributed by atoms with van der Waals surface area (Å²) in [6, 6.07) is 2.50. The molecule has 78 valence electrons. The zero-order valence-electron chi connectivity index (χ0n) is 9.17. The number of anilines is 2. The minimum atomic E-state index is 0.505. The molecule has 0 saturated carbocycles. The monoisotopic (exact) mass is 193 g/mol. The maximum absolute atomic E-state index is 5.69. The van der Waals surface area contributed by atoms with Gasteiger partial charge in [-0.15, -0.1) is 0 Å². The van der Waals surface area contributed by atoms with E-state index in [1.165, 1.54) is 0 Å². The Labute approximate surface area is 85.7 Å². The second kappa shape index (κ2) is 4.84. The number of aryl methyl sites for hydroxylation is 1. The number of hydrogen-bond donors (Lipinski definition) is 2. The van der Waals surface area contributed by atoms with Gasteiger partial charge < -0.3 is 11.1 Å². The van der Waals surface area contributed by atoms with Gasteiger partial charge in [-0.05, 0) is 31.4 Å². The number of nitrogens with one attached hydrogen (secondary N) is 1. The Bertz CT molecular complexity index is 293. The first-order valence-corrected chi connectivity index (χ1v) is 5.16. The van der Waals surface area contributed by atoms with Crippen LogP contribution < -0.4 is 11.1 Å². The van der Waals surface area contributed by atoms with Crippen LogP contribution in [-0.2, 0) is 0 Å². The lowest BCUT2D eigenvalue weighted by Gasteiger charge is -2.15. The van der Waals surface area contributed by atoms with E-state index in [9.17, 15) is 0 Å². The number of aromatic nitrogens is 1. The van der Waals surface area contributed by atoms with Crippen LogP contribution in [0.25, 0.3) is 0 Å². The lowest BCUT2D eigenvalue weighted by atomic mass is 10.1. The Morgan fingerprint density at radius 2 is 2.07 bits per heavy atom. The lowest BCUT2D eigenvalue weighted by Crippen LogP contribution is -2.17. The molecular weight excluding hydrogens is 174 g/mol. The largest absolute Gasteiger partial charge is 0.397 e. The van der Waals surface area contributed by atoms with Crippen molar-refractivity contribution >= 4 is 11.5 Å². The standard InChI is InChI=1S/C11H19N3/c1-4-9(5-2)14-11-6-8(3)10(12)7-13-11/h6-7,9H,4-5,12H2,1-3H3,(H,13,14). The first-order chi connectivity index (χ1) is 6.67. The van der Waals surface area contributed by atoms with Crippen molar-refractivity contribution in [3.63, 3.8) is 0 Å². The van der Waals surface area contributed by atoms with Gasteiger partial charge in [-0.1, -0.05) is 13.8 Å². The SMILES string of the molecule is CCC(CC)Nc1cc(C)c(N)cn1. The number of pyridine rings is 1. The van der Waals surface area contributed by atoms with E-state index in [1.807, 2.05) is 13.0 Å². The predicted molar refractivity (Wildman–Crippen MR) is 61.4 cm³/mol. The van der Waals surface area contributed by atoms with Gasteiger partial charge in [0.05, 0.1) is 11.9 Å². The summed E-state index contributed by atoms with van der Waals surface area (Å²) in [4.78, 5) is 4.24. The number of hydrogen-bond acceptors (Lipinski definition) is 3. The summed E-state index contributed by atoms with van der Waals surface area (Å²) < 4.78 is 0. The Hall–Kier alpha value is -1.25. The van der Waals surface area contributed by atoms with E-state index in [0.29, 0.717) is 6.04 Å². The van der Waals surface area contributed by atoms with Crippen molar-refractivity contribution in [1.29, 1.82) is 0 Å². The zero-order valence-corrected chi connectivity index (χ0v) is 9.17. The fourth-order valence-corrected chi connectivity index (χ4v) is 1.35. The summed E-state index contributed by atoms with van der Waals surface area (Å²) in [6.07, 6.45) is 3.93. The van der Waals surface area contributed by atoms with Gasteiger partial charge in [-0.25, -0.2) is 4.98 Å². The molecule has 3 nitrogen and oxygen atoms in total. The van der Waals surface area contributed by atoms with Crippen LogP contribution in [0.4, 0.5) is 11.5 Å². The average molecular weight is 193 g/mol. The summed E-state index contributed by atoms with van der Waals surface area (Å²) in [7, 11) is 0. The second-order valence-corrected chi connectivity index (χ2v) is 3.58. The maximum Gasteiger partial charge on any atom is 0.126 e. The van der Waals surface area contributed by atoms with E-state index < -0.39 is 0 Å². The Kier molecular flexibility index (Phi) is 3.74. The summed E-state index contributed by atoms with van der Waals surface area (Å²) in [5.41, 5.74) is 7.52. The highest BCUT2D eigenvalue weighted by molar-refractivity contribution is 5.51. The van der Waals surface area contributed by atoms with E-state index in [1.54, 1.807) is 6.20 Å². The molecule has 0 radical (unpaired) electrons. The van der Waals surface area contributed by atoms with Gasteiger partial charge in [0.1, 0.15) is 5.82 Å². The summed E-state index contributed by atoms with van der Waals surface area (Å²) in [5.74, 6) is 0.922. The number of nitrogen functional groups attached to an aromatic ring is 1. The van der Waals surface area contributed by atoms with E-state index in [2.05, 4.69) is 24.1 Å². The zero-order chi connectivity index (χ0) is 10.6. The van der Waals surface area contributed by atoms with E-state index in [4.69, 9.17) is 5.73 Å².